The van der Waals surface area contributed by atoms with Gasteiger partial charge in [0.15, 0.2) is 11.5 Å². The van der Waals surface area contributed by atoms with Crippen molar-refractivity contribution in [3.63, 3.8) is 0 Å². The Labute approximate surface area is 153 Å². The maximum atomic E-state index is 13.4. The van der Waals surface area contributed by atoms with E-state index in [0.29, 0.717) is 18.5 Å². The van der Waals surface area contributed by atoms with Gasteiger partial charge in [-0.15, -0.1) is 0 Å². The van der Waals surface area contributed by atoms with Crippen molar-refractivity contribution >= 4 is 11.8 Å². The van der Waals surface area contributed by atoms with Crippen molar-refractivity contribution in [2.45, 2.75) is 25.4 Å². The molecule has 9 heteroatoms. The van der Waals surface area contributed by atoms with Crippen molar-refractivity contribution in [1.82, 2.24) is 15.0 Å². The molecule has 1 saturated heterocycles. The van der Waals surface area contributed by atoms with Crippen LogP contribution < -0.4 is 4.90 Å². The second-order valence-electron chi connectivity index (χ2n) is 7.10. The topological polar surface area (TPSA) is 79.2 Å². The molecule has 1 N–H and O–H groups in total. The van der Waals surface area contributed by atoms with Gasteiger partial charge in [-0.1, -0.05) is 6.42 Å². The van der Waals surface area contributed by atoms with Crippen LogP contribution in [0.1, 0.15) is 25.0 Å². The first-order valence-electron chi connectivity index (χ1n) is 8.65. The van der Waals surface area contributed by atoms with Gasteiger partial charge in [0.2, 0.25) is 0 Å². The SMILES string of the molecule is O=C(O)[C@@]12CCC[C@H]1CN(c1cc(C(F)(F)F)nc(-c3ccncc3)n1)C2. The Balaban J connectivity index is 1.76. The molecule has 1 aliphatic heterocycles. The van der Waals surface area contributed by atoms with Crippen LogP contribution in [0, 0.1) is 11.3 Å². The van der Waals surface area contributed by atoms with E-state index in [1.807, 2.05) is 0 Å². The second-order valence-corrected chi connectivity index (χ2v) is 7.10. The fourth-order valence-corrected chi connectivity index (χ4v) is 4.19. The van der Waals surface area contributed by atoms with Gasteiger partial charge in [0.05, 0.1) is 5.41 Å². The van der Waals surface area contributed by atoms with Crippen molar-refractivity contribution in [3.05, 3.63) is 36.3 Å². The van der Waals surface area contributed by atoms with Gasteiger partial charge in [-0.2, -0.15) is 13.2 Å². The molecule has 4 rings (SSSR count). The number of aromatic nitrogens is 3. The van der Waals surface area contributed by atoms with Crippen LogP contribution in [0.15, 0.2) is 30.6 Å². The molecule has 2 aliphatic rings. The van der Waals surface area contributed by atoms with Crippen LogP contribution >= 0.6 is 0 Å². The first-order chi connectivity index (χ1) is 12.8. The summed E-state index contributed by atoms with van der Waals surface area (Å²) >= 11 is 0. The van der Waals surface area contributed by atoms with E-state index in [9.17, 15) is 23.1 Å². The smallest absolute Gasteiger partial charge is 0.433 e. The Morgan fingerprint density at radius 3 is 2.63 bits per heavy atom. The highest BCUT2D eigenvalue weighted by Gasteiger charge is 2.55. The third-order valence-electron chi connectivity index (χ3n) is 5.56. The molecule has 27 heavy (non-hydrogen) atoms. The van der Waals surface area contributed by atoms with Crippen molar-refractivity contribution in [2.75, 3.05) is 18.0 Å². The molecule has 0 radical (unpaired) electrons. The number of carboxylic acid groups (broad SMARTS) is 1. The molecule has 6 nitrogen and oxygen atoms in total. The first-order valence-corrected chi connectivity index (χ1v) is 8.65. The minimum Gasteiger partial charge on any atom is -0.481 e. The molecule has 0 unspecified atom stereocenters. The van der Waals surface area contributed by atoms with Crippen LogP contribution in [-0.2, 0) is 11.0 Å². The van der Waals surface area contributed by atoms with E-state index < -0.39 is 23.3 Å². The Kier molecular flexibility index (Phi) is 4.05. The summed E-state index contributed by atoms with van der Waals surface area (Å²) in [6, 6.07) is 3.98. The van der Waals surface area contributed by atoms with Crippen LogP contribution in [0.4, 0.5) is 19.0 Å². The van der Waals surface area contributed by atoms with Gasteiger partial charge < -0.3 is 10.0 Å². The van der Waals surface area contributed by atoms with Gasteiger partial charge >= 0.3 is 12.1 Å². The number of carboxylic acids is 1. The van der Waals surface area contributed by atoms with Crippen molar-refractivity contribution in [3.8, 4) is 11.4 Å². The number of fused-ring (bicyclic) bond motifs is 1. The van der Waals surface area contributed by atoms with Gasteiger partial charge in [0.25, 0.3) is 0 Å². The zero-order valence-electron chi connectivity index (χ0n) is 14.3. The van der Waals surface area contributed by atoms with Crippen LogP contribution in [0.3, 0.4) is 0 Å². The molecule has 2 aromatic heterocycles. The molecule has 1 aliphatic carbocycles. The number of carbonyl (C=O) groups is 1. The number of pyridine rings is 1. The molecule has 1 saturated carbocycles. The van der Waals surface area contributed by atoms with Crippen LogP contribution in [0.25, 0.3) is 11.4 Å². The Hall–Kier alpha value is -2.71. The number of alkyl halides is 3. The Morgan fingerprint density at radius 1 is 1.26 bits per heavy atom. The van der Waals surface area contributed by atoms with Gasteiger partial charge in [0.1, 0.15) is 5.82 Å². The molecule has 142 valence electrons. The summed E-state index contributed by atoms with van der Waals surface area (Å²) in [5.74, 6) is -0.904. The minimum absolute atomic E-state index is 0.0522. The molecule has 0 amide bonds. The van der Waals surface area contributed by atoms with Gasteiger partial charge in [-0.25, -0.2) is 9.97 Å². The number of aliphatic carboxylic acids is 1. The molecule has 3 heterocycles. The third-order valence-corrected chi connectivity index (χ3v) is 5.56. The van der Waals surface area contributed by atoms with E-state index in [1.165, 1.54) is 24.5 Å². The summed E-state index contributed by atoms with van der Waals surface area (Å²) in [5.41, 5.74) is -1.52. The molecule has 2 aromatic rings. The summed E-state index contributed by atoms with van der Waals surface area (Å²) in [6.45, 7) is 0.549. The lowest BCUT2D eigenvalue weighted by Gasteiger charge is -2.24. The lowest BCUT2D eigenvalue weighted by Crippen LogP contribution is -2.36. The van der Waals surface area contributed by atoms with E-state index in [1.54, 1.807) is 4.90 Å². The average molecular weight is 378 g/mol. The average Bonchev–Trinajstić information content (AvgIpc) is 3.20. The number of nitrogens with zero attached hydrogens (tertiary/aromatic N) is 4. The molecular weight excluding hydrogens is 361 g/mol. The van der Waals surface area contributed by atoms with Crippen LogP contribution in [0.2, 0.25) is 0 Å². The van der Waals surface area contributed by atoms with Crippen LogP contribution in [0.5, 0.6) is 0 Å². The number of halogens is 3. The van der Waals surface area contributed by atoms with Gasteiger partial charge in [0, 0.05) is 37.1 Å². The Bertz CT molecular complexity index is 875. The van der Waals surface area contributed by atoms with Crippen molar-refractivity contribution in [1.29, 1.82) is 0 Å². The largest absolute Gasteiger partial charge is 0.481 e. The van der Waals surface area contributed by atoms with Gasteiger partial charge in [-0.3, -0.25) is 9.78 Å². The standard InChI is InChI=1S/C18H17F3N4O2/c19-18(20,21)13-8-14(24-15(23-13)11-3-6-22-7-4-11)25-9-12-2-1-5-17(12,10-25)16(26)27/h3-4,6-8,12H,1-2,5,9-10H2,(H,26,27)/t12-,17+/m0/s1. The summed E-state index contributed by atoms with van der Waals surface area (Å²) in [6.07, 6.45) is 0.413. The second kappa shape index (κ2) is 6.17. The predicted octanol–water partition coefficient (Wildman–Crippen LogP) is 3.25. The lowest BCUT2D eigenvalue weighted by atomic mass is 9.81. The zero-order valence-corrected chi connectivity index (χ0v) is 14.3. The fraction of sp³-hybridized carbons (Fsp3) is 0.444. The monoisotopic (exact) mass is 378 g/mol. The minimum atomic E-state index is -4.63. The number of anilines is 1. The summed E-state index contributed by atoms with van der Waals surface area (Å²) in [5, 5.41) is 9.71. The Morgan fingerprint density at radius 2 is 2.00 bits per heavy atom. The van der Waals surface area contributed by atoms with Crippen LogP contribution in [-0.4, -0.2) is 39.1 Å². The van der Waals surface area contributed by atoms with E-state index in [2.05, 4.69) is 15.0 Å². The molecule has 2 atom stereocenters. The fourth-order valence-electron chi connectivity index (χ4n) is 4.19. The first kappa shape index (κ1) is 17.7. The highest BCUT2D eigenvalue weighted by molar-refractivity contribution is 5.78. The maximum absolute atomic E-state index is 13.4. The van der Waals surface area contributed by atoms with Gasteiger partial charge in [-0.05, 0) is 30.9 Å². The molecule has 0 spiro atoms. The number of rotatable bonds is 3. The highest BCUT2D eigenvalue weighted by Crippen LogP contribution is 2.50. The normalized spacial score (nSPS) is 24.9. The zero-order chi connectivity index (χ0) is 19.2. The highest BCUT2D eigenvalue weighted by atomic mass is 19.4. The molecule has 0 bridgehead atoms. The summed E-state index contributed by atoms with van der Waals surface area (Å²) < 4.78 is 40.1. The summed E-state index contributed by atoms with van der Waals surface area (Å²) in [4.78, 5) is 25.3. The van der Waals surface area contributed by atoms with E-state index in [0.717, 1.165) is 18.9 Å². The van der Waals surface area contributed by atoms with Crippen molar-refractivity contribution < 1.29 is 23.1 Å². The molecule has 0 aromatic carbocycles. The van der Waals surface area contributed by atoms with Crippen molar-refractivity contribution in [2.24, 2.45) is 11.3 Å². The predicted molar refractivity (Wildman–Crippen MR) is 89.9 cm³/mol. The quantitative estimate of drug-likeness (QED) is 0.883. The molecule has 2 fully saturated rings. The molecular formula is C18H17F3N4O2. The lowest BCUT2D eigenvalue weighted by molar-refractivity contribution is -0.149. The number of hydrogen-bond acceptors (Lipinski definition) is 5. The summed E-state index contributed by atoms with van der Waals surface area (Å²) in [7, 11) is 0. The number of hydrogen-bond donors (Lipinski definition) is 1. The van der Waals surface area contributed by atoms with E-state index in [-0.39, 0.29) is 24.1 Å². The van der Waals surface area contributed by atoms with E-state index >= 15 is 0 Å². The maximum Gasteiger partial charge on any atom is 0.433 e. The van der Waals surface area contributed by atoms with E-state index in [4.69, 9.17) is 0 Å². The third kappa shape index (κ3) is 3.00.